The van der Waals surface area contributed by atoms with Gasteiger partial charge in [-0.2, -0.15) is 5.10 Å². The molecule has 8 heteroatoms. The lowest BCUT2D eigenvalue weighted by molar-refractivity contribution is 0.466. The second-order valence-corrected chi connectivity index (χ2v) is 6.82. The fraction of sp³-hybridized carbons (Fsp3) is 0.200. The van der Waals surface area contributed by atoms with Crippen molar-refractivity contribution in [1.82, 2.24) is 14.8 Å². The molecular formula is C15H11Cl2F2N3S. The second-order valence-electron chi connectivity index (χ2n) is 4.94. The van der Waals surface area contributed by atoms with E-state index >= 15 is 0 Å². The van der Waals surface area contributed by atoms with Crippen LogP contribution in [0.1, 0.15) is 16.1 Å². The van der Waals surface area contributed by atoms with Gasteiger partial charge in [-0.15, -0.1) is 11.3 Å². The van der Waals surface area contributed by atoms with Crippen molar-refractivity contribution in [3.05, 3.63) is 45.5 Å². The fourth-order valence-electron chi connectivity index (χ4n) is 2.24. The normalized spacial score (nSPS) is 12.6. The van der Waals surface area contributed by atoms with Crippen molar-refractivity contribution in [1.29, 1.82) is 0 Å². The molecule has 0 aliphatic carbocycles. The largest absolute Gasteiger partial charge is 0.248 e. The lowest BCUT2D eigenvalue weighted by Crippen LogP contribution is -1.94. The summed E-state index contributed by atoms with van der Waals surface area (Å²) in [6.07, 6.45) is 0. The van der Waals surface area contributed by atoms with Crippen molar-refractivity contribution in [2.45, 2.75) is 12.6 Å². The third-order valence-corrected chi connectivity index (χ3v) is 5.25. The lowest BCUT2D eigenvalue weighted by Gasteiger charge is -2.00. The second kappa shape index (κ2) is 6.19. The molecule has 1 atom stereocenters. The molecule has 0 spiro atoms. The van der Waals surface area contributed by atoms with E-state index in [4.69, 9.17) is 23.2 Å². The van der Waals surface area contributed by atoms with Gasteiger partial charge in [0.2, 0.25) is 5.63 Å². The van der Waals surface area contributed by atoms with Gasteiger partial charge in [0.1, 0.15) is 5.82 Å². The van der Waals surface area contributed by atoms with E-state index in [1.165, 1.54) is 28.2 Å². The Hall–Kier alpha value is -1.50. The van der Waals surface area contributed by atoms with Crippen LogP contribution < -0.4 is 0 Å². The van der Waals surface area contributed by atoms with Gasteiger partial charge in [0.05, 0.1) is 20.3 Å². The highest BCUT2D eigenvalue weighted by Gasteiger charge is 2.21. The molecule has 1 unspecified atom stereocenters. The van der Waals surface area contributed by atoms with Gasteiger partial charge in [-0.25, -0.2) is 18.4 Å². The number of hydrogen-bond donors (Lipinski definition) is 0. The van der Waals surface area contributed by atoms with Crippen LogP contribution in [0.2, 0.25) is 5.02 Å². The SMILES string of the molecule is Cc1cc(C(F)Cl)sc1-c1nc(-c2c(F)cccc2Cl)nn1C. The molecule has 23 heavy (non-hydrogen) atoms. The zero-order valence-electron chi connectivity index (χ0n) is 12.1. The van der Waals surface area contributed by atoms with Crippen molar-refractivity contribution < 1.29 is 8.78 Å². The van der Waals surface area contributed by atoms with Gasteiger partial charge < -0.3 is 0 Å². The first-order chi connectivity index (χ1) is 10.9. The summed E-state index contributed by atoms with van der Waals surface area (Å²) in [6.45, 7) is 1.83. The Labute approximate surface area is 145 Å². The quantitative estimate of drug-likeness (QED) is 0.566. The third-order valence-electron chi connectivity index (χ3n) is 3.30. The van der Waals surface area contributed by atoms with Crippen LogP contribution in [0.4, 0.5) is 8.78 Å². The summed E-state index contributed by atoms with van der Waals surface area (Å²) < 4.78 is 28.8. The van der Waals surface area contributed by atoms with E-state index in [0.717, 1.165) is 10.4 Å². The fourth-order valence-corrected chi connectivity index (χ4v) is 3.73. The van der Waals surface area contributed by atoms with Crippen LogP contribution in [0.5, 0.6) is 0 Å². The van der Waals surface area contributed by atoms with Gasteiger partial charge in [0.25, 0.3) is 0 Å². The highest BCUT2D eigenvalue weighted by molar-refractivity contribution is 7.15. The van der Waals surface area contributed by atoms with E-state index in [1.54, 1.807) is 19.2 Å². The van der Waals surface area contributed by atoms with Crippen molar-refractivity contribution in [2.24, 2.45) is 7.05 Å². The summed E-state index contributed by atoms with van der Waals surface area (Å²) in [5, 5.41) is 4.47. The Morgan fingerprint density at radius 2 is 2.09 bits per heavy atom. The Bertz CT molecular complexity index is 853. The summed E-state index contributed by atoms with van der Waals surface area (Å²) in [5.74, 6) is 0.191. The van der Waals surface area contributed by atoms with Gasteiger partial charge in [-0.3, -0.25) is 0 Å². The molecule has 3 rings (SSSR count). The molecule has 0 radical (unpaired) electrons. The molecule has 3 aromatic rings. The predicted molar refractivity (Wildman–Crippen MR) is 89.2 cm³/mol. The Balaban J connectivity index is 2.12. The molecule has 0 saturated carbocycles. The Morgan fingerprint density at radius 1 is 1.35 bits per heavy atom. The smallest absolute Gasteiger partial charge is 0.207 e. The third kappa shape index (κ3) is 2.98. The molecular weight excluding hydrogens is 363 g/mol. The minimum atomic E-state index is -1.57. The van der Waals surface area contributed by atoms with E-state index in [1.807, 2.05) is 6.92 Å². The molecule has 0 N–H and O–H groups in total. The summed E-state index contributed by atoms with van der Waals surface area (Å²) in [7, 11) is 1.69. The summed E-state index contributed by atoms with van der Waals surface area (Å²) >= 11 is 12.7. The van der Waals surface area contributed by atoms with Crippen LogP contribution in [0.25, 0.3) is 22.1 Å². The van der Waals surface area contributed by atoms with E-state index in [9.17, 15) is 8.78 Å². The number of rotatable bonds is 3. The number of alkyl halides is 2. The molecule has 2 heterocycles. The molecule has 0 saturated heterocycles. The number of halogens is 4. The lowest BCUT2D eigenvalue weighted by atomic mass is 10.2. The zero-order valence-corrected chi connectivity index (χ0v) is 14.5. The molecule has 0 aliphatic heterocycles. The van der Waals surface area contributed by atoms with Crippen molar-refractivity contribution in [3.8, 4) is 22.1 Å². The molecule has 120 valence electrons. The number of thiophene rings is 1. The molecule has 0 fully saturated rings. The molecule has 0 bridgehead atoms. The number of hydrogen-bond acceptors (Lipinski definition) is 3. The van der Waals surface area contributed by atoms with Crippen molar-refractivity contribution in [2.75, 3.05) is 0 Å². The van der Waals surface area contributed by atoms with Gasteiger partial charge in [-0.1, -0.05) is 29.3 Å². The van der Waals surface area contributed by atoms with Crippen LogP contribution in [0.15, 0.2) is 24.3 Å². The average Bonchev–Trinajstić information content (AvgIpc) is 3.02. The average molecular weight is 374 g/mol. The monoisotopic (exact) mass is 373 g/mol. The van der Waals surface area contributed by atoms with Crippen LogP contribution in [0.3, 0.4) is 0 Å². The minimum Gasteiger partial charge on any atom is -0.248 e. The van der Waals surface area contributed by atoms with Crippen molar-refractivity contribution >= 4 is 34.5 Å². The first-order valence-corrected chi connectivity index (χ1v) is 8.26. The van der Waals surface area contributed by atoms with Crippen LogP contribution in [0, 0.1) is 12.7 Å². The van der Waals surface area contributed by atoms with Crippen LogP contribution in [-0.4, -0.2) is 14.8 Å². The standard InChI is InChI=1S/C15H11Cl2F2N3S/c1-7-6-10(13(17)19)23-12(7)15-20-14(21-22(15)2)11-8(16)4-3-5-9(11)18/h3-6,13H,1-2H3. The van der Waals surface area contributed by atoms with E-state index in [0.29, 0.717) is 10.7 Å². The van der Waals surface area contributed by atoms with Gasteiger partial charge >= 0.3 is 0 Å². The highest BCUT2D eigenvalue weighted by atomic mass is 35.5. The first-order valence-electron chi connectivity index (χ1n) is 6.62. The summed E-state index contributed by atoms with van der Waals surface area (Å²) in [5.41, 5.74) is -0.595. The minimum absolute atomic E-state index is 0.145. The Morgan fingerprint density at radius 3 is 2.70 bits per heavy atom. The molecule has 3 nitrogen and oxygen atoms in total. The van der Waals surface area contributed by atoms with Crippen LogP contribution >= 0.6 is 34.5 Å². The summed E-state index contributed by atoms with van der Waals surface area (Å²) in [4.78, 5) is 5.51. The number of aryl methyl sites for hydroxylation is 2. The zero-order chi connectivity index (χ0) is 16.7. The summed E-state index contributed by atoms with van der Waals surface area (Å²) in [6, 6.07) is 6.06. The maximum atomic E-state index is 14.0. The van der Waals surface area contributed by atoms with Gasteiger partial charge in [-0.05, 0) is 30.7 Å². The van der Waals surface area contributed by atoms with Crippen LogP contribution in [-0.2, 0) is 7.05 Å². The van der Waals surface area contributed by atoms with E-state index < -0.39 is 11.4 Å². The van der Waals surface area contributed by atoms with Gasteiger partial charge in [0, 0.05) is 7.05 Å². The van der Waals surface area contributed by atoms with E-state index in [-0.39, 0.29) is 16.4 Å². The number of benzene rings is 1. The maximum absolute atomic E-state index is 14.0. The number of nitrogens with zero attached hydrogens (tertiary/aromatic N) is 3. The van der Waals surface area contributed by atoms with Gasteiger partial charge in [0.15, 0.2) is 11.6 Å². The maximum Gasteiger partial charge on any atom is 0.207 e. The molecule has 0 amide bonds. The Kier molecular flexibility index (Phi) is 4.40. The first kappa shape index (κ1) is 16.4. The molecule has 0 aliphatic rings. The topological polar surface area (TPSA) is 30.7 Å². The molecule has 1 aromatic carbocycles. The molecule has 2 aromatic heterocycles. The van der Waals surface area contributed by atoms with E-state index in [2.05, 4.69) is 10.1 Å². The number of aromatic nitrogens is 3. The highest BCUT2D eigenvalue weighted by Crippen LogP contribution is 2.38. The predicted octanol–water partition coefficient (Wildman–Crippen LogP) is 5.52. The van der Waals surface area contributed by atoms with Crippen molar-refractivity contribution in [3.63, 3.8) is 0 Å².